The van der Waals surface area contributed by atoms with Gasteiger partial charge in [-0.15, -0.1) is 0 Å². The van der Waals surface area contributed by atoms with E-state index in [1.165, 1.54) is 19.2 Å². The molecule has 2 amide bonds. The van der Waals surface area contributed by atoms with Gasteiger partial charge in [-0.05, 0) is 42.8 Å². The summed E-state index contributed by atoms with van der Waals surface area (Å²) in [4.78, 5) is 28.4. The molecule has 1 saturated heterocycles. The third kappa shape index (κ3) is 4.84. The van der Waals surface area contributed by atoms with Gasteiger partial charge < -0.3 is 14.5 Å². The highest BCUT2D eigenvalue weighted by atomic mass is 32.2. The molecular formula is C21H22F2N2O5S. The molecule has 7 nitrogen and oxygen atoms in total. The lowest BCUT2D eigenvalue weighted by Gasteiger charge is -2.23. The third-order valence-corrected chi connectivity index (χ3v) is 6.47. The number of alkyl halides is 2. The highest BCUT2D eigenvalue weighted by Crippen LogP contribution is 2.22. The van der Waals surface area contributed by atoms with E-state index in [9.17, 15) is 26.8 Å². The van der Waals surface area contributed by atoms with E-state index < -0.39 is 20.5 Å². The standard InChI is InChI=1S/C21H22F2N2O5S/c1-30-18-6-3-2-5-17(18)20(27)25-12-4-11-24(13-14-25)19(26)15-7-9-16(10-8-15)31(28,29)21(22)23/h2-3,5-10,21H,4,11-14H2,1H3. The van der Waals surface area contributed by atoms with Crippen LogP contribution in [0.25, 0.3) is 0 Å². The van der Waals surface area contributed by atoms with Gasteiger partial charge in [0.25, 0.3) is 11.8 Å². The molecule has 1 fully saturated rings. The molecule has 0 atom stereocenters. The Balaban J connectivity index is 1.69. The van der Waals surface area contributed by atoms with E-state index in [1.807, 2.05) is 0 Å². The van der Waals surface area contributed by atoms with Gasteiger partial charge in [-0.2, -0.15) is 8.78 Å². The van der Waals surface area contributed by atoms with Crippen molar-refractivity contribution in [2.75, 3.05) is 33.3 Å². The number of ether oxygens (including phenoxy) is 1. The van der Waals surface area contributed by atoms with Crippen LogP contribution < -0.4 is 4.74 Å². The lowest BCUT2D eigenvalue weighted by atomic mass is 10.1. The van der Waals surface area contributed by atoms with E-state index >= 15 is 0 Å². The highest BCUT2D eigenvalue weighted by Gasteiger charge is 2.28. The van der Waals surface area contributed by atoms with Crippen molar-refractivity contribution in [2.24, 2.45) is 0 Å². The minimum Gasteiger partial charge on any atom is -0.496 e. The molecule has 2 aromatic carbocycles. The molecular weight excluding hydrogens is 430 g/mol. The van der Waals surface area contributed by atoms with Crippen LogP contribution in [-0.2, 0) is 9.84 Å². The zero-order chi connectivity index (χ0) is 22.6. The second-order valence-corrected chi connectivity index (χ2v) is 8.89. The number of amides is 2. The average Bonchev–Trinajstić information content (AvgIpc) is 3.04. The summed E-state index contributed by atoms with van der Waals surface area (Å²) >= 11 is 0. The van der Waals surface area contributed by atoms with Crippen molar-refractivity contribution < 1.29 is 31.5 Å². The number of halogens is 2. The number of hydrogen-bond donors (Lipinski definition) is 0. The van der Waals surface area contributed by atoms with Crippen LogP contribution in [0.5, 0.6) is 5.75 Å². The quantitative estimate of drug-likeness (QED) is 0.697. The molecule has 3 rings (SSSR count). The Hall–Kier alpha value is -3.01. The van der Waals surface area contributed by atoms with Crippen LogP contribution in [0.4, 0.5) is 8.78 Å². The predicted octanol–water partition coefficient (Wildman–Crippen LogP) is 2.68. The molecule has 0 spiro atoms. The van der Waals surface area contributed by atoms with Crippen molar-refractivity contribution >= 4 is 21.7 Å². The fourth-order valence-corrected chi connectivity index (χ4v) is 4.11. The molecule has 0 aromatic heterocycles. The summed E-state index contributed by atoms with van der Waals surface area (Å²) in [5.41, 5.74) is 0.637. The summed E-state index contributed by atoms with van der Waals surface area (Å²) in [5.74, 6) is -3.59. The van der Waals surface area contributed by atoms with E-state index in [0.717, 1.165) is 12.1 Å². The van der Waals surface area contributed by atoms with Crippen LogP contribution in [0.1, 0.15) is 27.1 Å². The smallest absolute Gasteiger partial charge is 0.341 e. The van der Waals surface area contributed by atoms with Gasteiger partial charge in [0, 0.05) is 31.7 Å². The lowest BCUT2D eigenvalue weighted by Crippen LogP contribution is -2.37. The Morgan fingerprint density at radius 2 is 1.48 bits per heavy atom. The van der Waals surface area contributed by atoms with E-state index in [1.54, 1.807) is 34.1 Å². The largest absolute Gasteiger partial charge is 0.496 e. The van der Waals surface area contributed by atoms with Crippen molar-refractivity contribution in [3.05, 3.63) is 59.7 Å². The molecule has 1 heterocycles. The fourth-order valence-electron chi connectivity index (χ4n) is 3.39. The Labute approximate surface area is 179 Å². The van der Waals surface area contributed by atoms with Crippen molar-refractivity contribution in [3.8, 4) is 5.75 Å². The SMILES string of the molecule is COc1ccccc1C(=O)N1CCCN(C(=O)c2ccc(S(=O)(=O)C(F)F)cc2)CC1. The maximum absolute atomic E-state index is 12.9. The maximum atomic E-state index is 12.9. The average molecular weight is 452 g/mol. The Morgan fingerprint density at radius 1 is 0.903 bits per heavy atom. The van der Waals surface area contributed by atoms with Crippen LogP contribution in [0, 0.1) is 0 Å². The number of nitrogens with zero attached hydrogens (tertiary/aromatic N) is 2. The molecule has 0 radical (unpaired) electrons. The summed E-state index contributed by atoms with van der Waals surface area (Å²) < 4.78 is 53.6. The van der Waals surface area contributed by atoms with Crippen molar-refractivity contribution in [1.29, 1.82) is 0 Å². The Bertz CT molecular complexity index is 1060. The minimum absolute atomic E-state index is 0.187. The van der Waals surface area contributed by atoms with Crippen LogP contribution >= 0.6 is 0 Å². The molecule has 1 aliphatic heterocycles. The van der Waals surface area contributed by atoms with Gasteiger partial charge in [-0.3, -0.25) is 9.59 Å². The summed E-state index contributed by atoms with van der Waals surface area (Å²) in [6.45, 7) is 1.48. The number of para-hydroxylation sites is 1. The number of benzene rings is 2. The topological polar surface area (TPSA) is 84.0 Å². The number of sulfone groups is 1. The zero-order valence-electron chi connectivity index (χ0n) is 16.8. The number of carbonyl (C=O) groups excluding carboxylic acids is 2. The normalized spacial score (nSPS) is 15.0. The molecule has 10 heteroatoms. The predicted molar refractivity (Wildman–Crippen MR) is 109 cm³/mol. The minimum atomic E-state index is -4.71. The van der Waals surface area contributed by atoms with Crippen LogP contribution in [-0.4, -0.2) is 69.1 Å². The van der Waals surface area contributed by atoms with Gasteiger partial charge in [0.1, 0.15) is 5.75 Å². The second-order valence-electron chi connectivity index (χ2n) is 6.97. The molecule has 0 unspecified atom stereocenters. The molecule has 31 heavy (non-hydrogen) atoms. The van der Waals surface area contributed by atoms with Crippen molar-refractivity contribution in [2.45, 2.75) is 17.1 Å². The lowest BCUT2D eigenvalue weighted by molar-refractivity contribution is 0.0717. The van der Waals surface area contributed by atoms with Gasteiger partial charge in [0.15, 0.2) is 0 Å². The van der Waals surface area contributed by atoms with Gasteiger partial charge >= 0.3 is 5.76 Å². The first kappa shape index (κ1) is 22.7. The molecule has 1 aliphatic rings. The first-order valence-electron chi connectivity index (χ1n) is 9.59. The van der Waals surface area contributed by atoms with E-state index in [-0.39, 0.29) is 23.9 Å². The van der Waals surface area contributed by atoms with Crippen molar-refractivity contribution in [1.82, 2.24) is 9.80 Å². The number of rotatable bonds is 5. The molecule has 2 aromatic rings. The van der Waals surface area contributed by atoms with E-state index in [2.05, 4.69) is 0 Å². The van der Waals surface area contributed by atoms with Gasteiger partial charge in [-0.1, -0.05) is 12.1 Å². The third-order valence-electron chi connectivity index (χ3n) is 5.07. The summed E-state index contributed by atoms with van der Waals surface area (Å²) in [7, 11) is -3.22. The van der Waals surface area contributed by atoms with Crippen LogP contribution in [0.2, 0.25) is 0 Å². The first-order valence-corrected chi connectivity index (χ1v) is 11.1. The molecule has 0 aliphatic carbocycles. The summed E-state index contributed by atoms with van der Waals surface area (Å²) in [6.07, 6.45) is 0.560. The van der Waals surface area contributed by atoms with Gasteiger partial charge in [0.05, 0.1) is 17.6 Å². The van der Waals surface area contributed by atoms with E-state index in [4.69, 9.17) is 4.74 Å². The van der Waals surface area contributed by atoms with Gasteiger partial charge in [-0.25, -0.2) is 8.42 Å². The first-order chi connectivity index (χ1) is 14.8. The molecule has 166 valence electrons. The van der Waals surface area contributed by atoms with Crippen LogP contribution in [0.3, 0.4) is 0 Å². The van der Waals surface area contributed by atoms with E-state index in [0.29, 0.717) is 37.4 Å². The van der Waals surface area contributed by atoms with Gasteiger partial charge in [0.2, 0.25) is 9.84 Å². The van der Waals surface area contributed by atoms with Crippen molar-refractivity contribution in [3.63, 3.8) is 0 Å². The number of carbonyl (C=O) groups is 2. The fraction of sp³-hybridized carbons (Fsp3) is 0.333. The number of hydrogen-bond acceptors (Lipinski definition) is 5. The molecule has 0 bridgehead atoms. The Morgan fingerprint density at radius 3 is 2.06 bits per heavy atom. The monoisotopic (exact) mass is 452 g/mol. The molecule has 0 saturated carbocycles. The summed E-state index contributed by atoms with van der Waals surface area (Å²) in [6, 6.07) is 11.4. The zero-order valence-corrected chi connectivity index (χ0v) is 17.6. The molecule has 0 N–H and O–H groups in total. The second kappa shape index (κ2) is 9.42. The Kier molecular flexibility index (Phi) is 6.89. The van der Waals surface area contributed by atoms with Crippen LogP contribution in [0.15, 0.2) is 53.4 Å². The maximum Gasteiger partial charge on any atom is 0.341 e. The number of methoxy groups -OCH3 is 1. The highest BCUT2D eigenvalue weighted by molar-refractivity contribution is 7.91. The summed E-state index contributed by atoms with van der Waals surface area (Å²) in [5, 5.41) is 0.